The van der Waals surface area contributed by atoms with Gasteiger partial charge in [-0.3, -0.25) is 4.79 Å². The molecule has 2 aliphatic heterocycles. The van der Waals surface area contributed by atoms with E-state index in [0.717, 1.165) is 38.1 Å². The lowest BCUT2D eigenvalue weighted by Crippen LogP contribution is -2.30. The highest BCUT2D eigenvalue weighted by Gasteiger charge is 2.31. The Hall–Kier alpha value is -2.34. The van der Waals surface area contributed by atoms with Crippen LogP contribution < -0.4 is 4.74 Å². The Labute approximate surface area is 140 Å². The smallest absolute Gasteiger partial charge is 0.254 e. The highest BCUT2D eigenvalue weighted by Crippen LogP contribution is 2.32. The summed E-state index contributed by atoms with van der Waals surface area (Å²) < 4.78 is 11.1. The summed E-state index contributed by atoms with van der Waals surface area (Å²) in [6.45, 7) is 2.08. The molecule has 6 heteroatoms. The van der Waals surface area contributed by atoms with E-state index in [1.54, 1.807) is 18.3 Å². The van der Waals surface area contributed by atoms with Crippen LogP contribution in [0.15, 0.2) is 36.7 Å². The molecule has 2 atom stereocenters. The van der Waals surface area contributed by atoms with Crippen LogP contribution in [0.1, 0.15) is 41.4 Å². The molecule has 4 heterocycles. The quantitative estimate of drug-likeness (QED) is 0.937. The van der Waals surface area contributed by atoms with Crippen molar-refractivity contribution in [3.8, 4) is 5.88 Å². The molecule has 2 aromatic heterocycles. The molecule has 4 rings (SSSR count). The van der Waals surface area contributed by atoms with Crippen molar-refractivity contribution in [2.45, 2.75) is 31.4 Å². The molecule has 2 aromatic rings. The molecule has 2 aliphatic rings. The van der Waals surface area contributed by atoms with Crippen LogP contribution in [0.3, 0.4) is 0 Å². The summed E-state index contributed by atoms with van der Waals surface area (Å²) in [5.74, 6) is 0.522. The first kappa shape index (κ1) is 15.2. The van der Waals surface area contributed by atoms with Crippen molar-refractivity contribution in [3.05, 3.63) is 47.9 Å². The number of rotatable bonds is 4. The Bertz CT molecular complexity index is 695. The van der Waals surface area contributed by atoms with Gasteiger partial charge in [-0.2, -0.15) is 0 Å². The Kier molecular flexibility index (Phi) is 4.21. The lowest BCUT2D eigenvalue weighted by Gasteiger charge is -2.24. The number of amides is 1. The second-order valence-electron chi connectivity index (χ2n) is 6.27. The average molecular weight is 327 g/mol. The van der Waals surface area contributed by atoms with Crippen molar-refractivity contribution in [2.75, 3.05) is 19.8 Å². The zero-order chi connectivity index (χ0) is 16.4. The monoisotopic (exact) mass is 327 g/mol. The Morgan fingerprint density at radius 1 is 1.38 bits per heavy atom. The molecule has 0 saturated carbocycles. The molecule has 2 saturated heterocycles. The van der Waals surface area contributed by atoms with Gasteiger partial charge in [0.05, 0.1) is 19.3 Å². The predicted molar refractivity (Wildman–Crippen MR) is 87.9 cm³/mol. The van der Waals surface area contributed by atoms with Gasteiger partial charge in [0, 0.05) is 42.7 Å². The van der Waals surface area contributed by atoms with Crippen LogP contribution in [-0.4, -0.2) is 46.6 Å². The zero-order valence-corrected chi connectivity index (χ0v) is 13.5. The standard InChI is InChI=1S/C18H21N3O3/c22-18(21-9-2-4-16(21)15-3-1-7-19-15)13-5-8-20-17(11-13)24-14-6-10-23-12-14/h1,3,5,7-8,11,14,16,19H,2,4,6,9-10,12H2. The van der Waals surface area contributed by atoms with E-state index in [2.05, 4.69) is 9.97 Å². The van der Waals surface area contributed by atoms with Gasteiger partial charge < -0.3 is 19.4 Å². The molecule has 6 nitrogen and oxygen atoms in total. The summed E-state index contributed by atoms with van der Waals surface area (Å²) in [6.07, 6.45) is 6.43. The molecule has 24 heavy (non-hydrogen) atoms. The Morgan fingerprint density at radius 2 is 2.33 bits per heavy atom. The third-order valence-corrected chi connectivity index (χ3v) is 4.65. The summed E-state index contributed by atoms with van der Waals surface area (Å²) in [7, 11) is 0. The maximum atomic E-state index is 12.9. The molecular weight excluding hydrogens is 306 g/mol. The van der Waals surface area contributed by atoms with Gasteiger partial charge in [0.25, 0.3) is 5.91 Å². The van der Waals surface area contributed by atoms with Crippen LogP contribution >= 0.6 is 0 Å². The number of hydrogen-bond acceptors (Lipinski definition) is 4. The van der Waals surface area contributed by atoms with Gasteiger partial charge in [-0.05, 0) is 31.0 Å². The topological polar surface area (TPSA) is 67.5 Å². The van der Waals surface area contributed by atoms with E-state index in [1.807, 2.05) is 23.2 Å². The molecule has 0 aromatic carbocycles. The second kappa shape index (κ2) is 6.65. The molecule has 2 unspecified atom stereocenters. The largest absolute Gasteiger partial charge is 0.472 e. The number of hydrogen-bond donors (Lipinski definition) is 1. The van der Waals surface area contributed by atoms with Crippen molar-refractivity contribution in [1.29, 1.82) is 0 Å². The van der Waals surface area contributed by atoms with Crippen LogP contribution in [0, 0.1) is 0 Å². The Balaban J connectivity index is 1.51. The number of nitrogens with zero attached hydrogens (tertiary/aromatic N) is 2. The number of aromatic nitrogens is 2. The fraction of sp³-hybridized carbons (Fsp3) is 0.444. The van der Waals surface area contributed by atoms with Gasteiger partial charge >= 0.3 is 0 Å². The van der Waals surface area contributed by atoms with Gasteiger partial charge in [-0.1, -0.05) is 0 Å². The van der Waals surface area contributed by atoms with E-state index in [4.69, 9.17) is 9.47 Å². The van der Waals surface area contributed by atoms with Crippen molar-refractivity contribution in [2.24, 2.45) is 0 Å². The first-order chi connectivity index (χ1) is 11.8. The van der Waals surface area contributed by atoms with Gasteiger partial charge in [0.15, 0.2) is 0 Å². The van der Waals surface area contributed by atoms with Crippen molar-refractivity contribution in [3.63, 3.8) is 0 Å². The number of H-pyrrole nitrogens is 1. The van der Waals surface area contributed by atoms with Crippen LogP contribution in [0.2, 0.25) is 0 Å². The van der Waals surface area contributed by atoms with E-state index in [1.165, 1.54) is 0 Å². The molecule has 126 valence electrons. The molecule has 0 radical (unpaired) electrons. The van der Waals surface area contributed by atoms with E-state index in [0.29, 0.717) is 18.1 Å². The lowest BCUT2D eigenvalue weighted by molar-refractivity contribution is 0.0732. The zero-order valence-electron chi connectivity index (χ0n) is 13.5. The van der Waals surface area contributed by atoms with Crippen LogP contribution in [0.4, 0.5) is 0 Å². The SMILES string of the molecule is O=C(c1ccnc(OC2CCOC2)c1)N1CCCC1c1ccc[nH]1. The minimum atomic E-state index is 0.0290. The summed E-state index contributed by atoms with van der Waals surface area (Å²) in [5.41, 5.74) is 1.71. The highest BCUT2D eigenvalue weighted by atomic mass is 16.5. The van der Waals surface area contributed by atoms with E-state index >= 15 is 0 Å². The molecule has 0 bridgehead atoms. The molecule has 0 spiro atoms. The third kappa shape index (κ3) is 3.01. The lowest BCUT2D eigenvalue weighted by atomic mass is 10.1. The van der Waals surface area contributed by atoms with Gasteiger partial charge in [0.1, 0.15) is 6.10 Å². The van der Waals surface area contributed by atoms with Crippen molar-refractivity contribution < 1.29 is 14.3 Å². The molecule has 1 amide bonds. The fourth-order valence-corrected chi connectivity index (χ4v) is 3.43. The number of carbonyl (C=O) groups excluding carboxylic acids is 1. The van der Waals surface area contributed by atoms with Crippen LogP contribution in [-0.2, 0) is 4.74 Å². The first-order valence-electron chi connectivity index (χ1n) is 8.46. The van der Waals surface area contributed by atoms with E-state index < -0.39 is 0 Å². The van der Waals surface area contributed by atoms with E-state index in [9.17, 15) is 4.79 Å². The van der Waals surface area contributed by atoms with Crippen molar-refractivity contribution in [1.82, 2.24) is 14.9 Å². The fourth-order valence-electron chi connectivity index (χ4n) is 3.43. The van der Waals surface area contributed by atoms with Crippen molar-refractivity contribution >= 4 is 5.91 Å². The first-order valence-corrected chi connectivity index (χ1v) is 8.46. The van der Waals surface area contributed by atoms with Gasteiger partial charge in [-0.15, -0.1) is 0 Å². The number of ether oxygens (including phenoxy) is 2. The van der Waals surface area contributed by atoms with E-state index in [-0.39, 0.29) is 18.1 Å². The average Bonchev–Trinajstić information content (AvgIpc) is 3.35. The molecule has 2 fully saturated rings. The predicted octanol–water partition coefficient (Wildman–Crippen LogP) is 2.55. The second-order valence-corrected chi connectivity index (χ2v) is 6.27. The third-order valence-electron chi connectivity index (χ3n) is 4.65. The summed E-state index contributed by atoms with van der Waals surface area (Å²) >= 11 is 0. The minimum absolute atomic E-state index is 0.0290. The van der Waals surface area contributed by atoms with Crippen LogP contribution in [0.5, 0.6) is 5.88 Å². The molecule has 1 N–H and O–H groups in total. The number of carbonyl (C=O) groups is 1. The molecular formula is C18H21N3O3. The Morgan fingerprint density at radius 3 is 3.12 bits per heavy atom. The number of aromatic amines is 1. The minimum Gasteiger partial charge on any atom is -0.472 e. The molecule has 0 aliphatic carbocycles. The summed E-state index contributed by atoms with van der Waals surface area (Å²) in [6, 6.07) is 7.62. The maximum absolute atomic E-state index is 12.9. The normalized spacial score (nSPS) is 23.6. The maximum Gasteiger partial charge on any atom is 0.254 e. The number of pyridine rings is 1. The summed E-state index contributed by atoms with van der Waals surface area (Å²) in [4.78, 5) is 22.3. The van der Waals surface area contributed by atoms with Crippen LogP contribution in [0.25, 0.3) is 0 Å². The summed E-state index contributed by atoms with van der Waals surface area (Å²) in [5, 5.41) is 0. The van der Waals surface area contributed by atoms with Gasteiger partial charge in [0.2, 0.25) is 5.88 Å². The highest BCUT2D eigenvalue weighted by molar-refractivity contribution is 5.94. The van der Waals surface area contributed by atoms with Gasteiger partial charge in [-0.25, -0.2) is 4.98 Å². The number of nitrogens with one attached hydrogen (secondary N) is 1. The number of likely N-dealkylation sites (tertiary alicyclic amines) is 1.